The van der Waals surface area contributed by atoms with Crippen molar-refractivity contribution in [1.82, 2.24) is 4.57 Å². The van der Waals surface area contributed by atoms with Gasteiger partial charge in [0.25, 0.3) is 0 Å². The summed E-state index contributed by atoms with van der Waals surface area (Å²) in [6, 6.07) is 82.6. The molecule has 0 aliphatic rings. The molecule has 10 aromatic carbocycles. The summed E-state index contributed by atoms with van der Waals surface area (Å²) in [5.41, 5.74) is 15.6. The molecule has 0 radical (unpaired) electrons. The Morgan fingerprint density at radius 2 is 0.852 bits per heavy atom. The van der Waals surface area contributed by atoms with E-state index in [-0.39, 0.29) is 0 Å². The number of rotatable bonds is 7. The Balaban J connectivity index is 0.993. The highest BCUT2D eigenvalue weighted by Crippen LogP contribution is 2.46. The van der Waals surface area contributed by atoms with Crippen LogP contribution in [0.3, 0.4) is 0 Å². The van der Waals surface area contributed by atoms with E-state index in [1.165, 1.54) is 60.4 Å². The number of benzene rings is 10. The van der Waals surface area contributed by atoms with E-state index in [0.717, 1.165) is 50.3 Å². The second kappa shape index (κ2) is 14.3. The van der Waals surface area contributed by atoms with Gasteiger partial charge in [-0.05, 0) is 117 Å². The van der Waals surface area contributed by atoms with Crippen LogP contribution in [0.5, 0.6) is 0 Å². The van der Waals surface area contributed by atoms with Crippen LogP contribution in [0.15, 0.2) is 235 Å². The van der Waals surface area contributed by atoms with E-state index in [2.05, 4.69) is 240 Å². The number of hydrogen-bond donors (Lipinski definition) is 0. The van der Waals surface area contributed by atoms with Crippen LogP contribution in [-0.2, 0) is 0 Å². The van der Waals surface area contributed by atoms with E-state index < -0.39 is 0 Å². The third kappa shape index (κ3) is 5.82. The zero-order chi connectivity index (χ0) is 40.3. The number of furan rings is 1. The summed E-state index contributed by atoms with van der Waals surface area (Å²) in [6.07, 6.45) is 0. The van der Waals surface area contributed by atoms with Gasteiger partial charge in [0.1, 0.15) is 11.2 Å². The van der Waals surface area contributed by atoms with Crippen LogP contribution in [-0.4, -0.2) is 4.57 Å². The molecule has 0 N–H and O–H groups in total. The van der Waals surface area contributed by atoms with Gasteiger partial charge in [0, 0.05) is 44.3 Å². The van der Waals surface area contributed by atoms with Crippen LogP contribution < -0.4 is 4.90 Å². The molecule has 0 unspecified atom stereocenters. The van der Waals surface area contributed by atoms with Crippen molar-refractivity contribution in [2.24, 2.45) is 0 Å². The van der Waals surface area contributed by atoms with Gasteiger partial charge in [-0.25, -0.2) is 0 Å². The second-order valence-corrected chi connectivity index (χ2v) is 15.7. The number of anilines is 3. The molecule has 0 atom stereocenters. The molecule has 0 amide bonds. The topological polar surface area (TPSA) is 21.3 Å². The predicted molar refractivity (Wildman–Crippen MR) is 257 cm³/mol. The van der Waals surface area contributed by atoms with E-state index in [0.29, 0.717) is 0 Å². The average molecular weight is 779 g/mol. The van der Waals surface area contributed by atoms with Gasteiger partial charge in [0.15, 0.2) is 0 Å². The van der Waals surface area contributed by atoms with Crippen molar-refractivity contribution >= 4 is 71.6 Å². The zero-order valence-electron chi connectivity index (χ0n) is 33.2. The first-order chi connectivity index (χ1) is 30.3. The van der Waals surface area contributed by atoms with Crippen LogP contribution >= 0.6 is 0 Å². The summed E-state index contributed by atoms with van der Waals surface area (Å²) in [5.74, 6) is 0. The van der Waals surface area contributed by atoms with E-state index in [1.54, 1.807) is 0 Å². The summed E-state index contributed by atoms with van der Waals surface area (Å²) < 4.78 is 9.20. The van der Waals surface area contributed by atoms with Gasteiger partial charge in [-0.2, -0.15) is 0 Å². The first-order valence-electron chi connectivity index (χ1n) is 20.8. The van der Waals surface area contributed by atoms with Gasteiger partial charge in [-0.15, -0.1) is 0 Å². The zero-order valence-corrected chi connectivity index (χ0v) is 33.2. The molecule has 0 aliphatic heterocycles. The average Bonchev–Trinajstić information content (AvgIpc) is 3.88. The minimum Gasteiger partial charge on any atom is -0.456 e. The molecule has 286 valence electrons. The Kier molecular flexibility index (Phi) is 8.17. The lowest BCUT2D eigenvalue weighted by Gasteiger charge is -2.25. The maximum atomic E-state index is 6.82. The van der Waals surface area contributed by atoms with Crippen LogP contribution in [0.4, 0.5) is 17.1 Å². The maximum Gasteiger partial charge on any atom is 0.136 e. The van der Waals surface area contributed by atoms with Gasteiger partial charge < -0.3 is 13.9 Å². The largest absolute Gasteiger partial charge is 0.456 e. The minimum absolute atomic E-state index is 0.863. The molecule has 12 rings (SSSR count). The molecule has 0 spiro atoms. The molecule has 2 heterocycles. The number of para-hydroxylation sites is 3. The highest BCUT2D eigenvalue weighted by molar-refractivity contribution is 6.25. The van der Waals surface area contributed by atoms with Gasteiger partial charge in [0.2, 0.25) is 0 Å². The number of aromatic nitrogens is 1. The molecule has 12 aromatic rings. The molecule has 0 aliphatic carbocycles. The first kappa shape index (κ1) is 34.9. The Hall–Kier alpha value is -8.14. The molecular weight excluding hydrogens is 741 g/mol. The van der Waals surface area contributed by atoms with Crippen molar-refractivity contribution in [3.8, 4) is 39.1 Å². The molecular formula is C58H38N2O. The minimum atomic E-state index is 0.863. The lowest BCUT2D eigenvalue weighted by molar-refractivity contribution is 0.669. The van der Waals surface area contributed by atoms with Gasteiger partial charge in [-0.3, -0.25) is 0 Å². The quantitative estimate of drug-likeness (QED) is 0.161. The first-order valence-corrected chi connectivity index (χ1v) is 20.8. The highest BCUT2D eigenvalue weighted by atomic mass is 16.3. The summed E-state index contributed by atoms with van der Waals surface area (Å²) in [5, 5.41) is 7.04. The van der Waals surface area contributed by atoms with E-state index in [1.807, 2.05) is 0 Å². The molecule has 3 nitrogen and oxygen atoms in total. The smallest absolute Gasteiger partial charge is 0.136 e. The Bertz CT molecular complexity index is 3550. The number of hydrogen-bond acceptors (Lipinski definition) is 2. The van der Waals surface area contributed by atoms with E-state index in [9.17, 15) is 0 Å². The van der Waals surface area contributed by atoms with E-state index >= 15 is 0 Å². The molecule has 0 saturated carbocycles. The predicted octanol–water partition coefficient (Wildman–Crippen LogP) is 16.3. The van der Waals surface area contributed by atoms with Crippen LogP contribution in [0.1, 0.15) is 0 Å². The molecule has 2 aromatic heterocycles. The maximum absolute atomic E-state index is 6.82. The van der Waals surface area contributed by atoms with E-state index in [4.69, 9.17) is 4.42 Å². The fraction of sp³-hybridized carbons (Fsp3) is 0. The van der Waals surface area contributed by atoms with Gasteiger partial charge in [0.05, 0.1) is 11.0 Å². The summed E-state index contributed by atoms with van der Waals surface area (Å²) in [4.78, 5) is 2.33. The van der Waals surface area contributed by atoms with Crippen molar-refractivity contribution in [2.45, 2.75) is 0 Å². The normalized spacial score (nSPS) is 11.6. The van der Waals surface area contributed by atoms with Crippen LogP contribution in [0.2, 0.25) is 0 Å². The second-order valence-electron chi connectivity index (χ2n) is 15.7. The van der Waals surface area contributed by atoms with Crippen LogP contribution in [0, 0.1) is 0 Å². The lowest BCUT2D eigenvalue weighted by Crippen LogP contribution is -2.09. The fourth-order valence-corrected chi connectivity index (χ4v) is 9.40. The van der Waals surface area contributed by atoms with Gasteiger partial charge in [-0.1, -0.05) is 158 Å². The van der Waals surface area contributed by atoms with Crippen molar-refractivity contribution in [3.05, 3.63) is 231 Å². The Morgan fingerprint density at radius 1 is 0.311 bits per heavy atom. The highest BCUT2D eigenvalue weighted by Gasteiger charge is 2.21. The SMILES string of the molecule is c1ccc(-c2ccc(-c3ccc(N(c4ccccc4)c4ccc5oc6cc(-c7cccc8c7c7ccccc7n8-c7ccccc7)c7ccccc7c6c5c4)cc3)cc2)cc1. The standard InChI is InChI=1S/C58H38N2O/c1-4-15-39(16-5-1)40-27-29-41(30-28-40)42-31-33-45(34-32-42)59(43-17-6-2-7-18-43)46-35-36-55-52(37-46)58-48-22-11-10-21-47(48)51(38-56(58)61-55)49-24-14-26-54-57(49)50-23-12-13-25-53(50)60(54)44-19-8-3-9-20-44/h1-38H. The number of fused-ring (bicyclic) bond motifs is 8. The molecule has 0 saturated heterocycles. The van der Waals surface area contributed by atoms with Crippen molar-refractivity contribution in [3.63, 3.8) is 0 Å². The van der Waals surface area contributed by atoms with Crippen molar-refractivity contribution in [1.29, 1.82) is 0 Å². The Labute approximate surface area is 353 Å². The summed E-state index contributed by atoms with van der Waals surface area (Å²) in [7, 11) is 0. The van der Waals surface area contributed by atoms with Crippen molar-refractivity contribution < 1.29 is 4.42 Å². The summed E-state index contributed by atoms with van der Waals surface area (Å²) >= 11 is 0. The van der Waals surface area contributed by atoms with Crippen LogP contribution in [0.25, 0.3) is 93.6 Å². The Morgan fingerprint density at radius 3 is 1.57 bits per heavy atom. The molecule has 61 heavy (non-hydrogen) atoms. The van der Waals surface area contributed by atoms with Gasteiger partial charge >= 0.3 is 0 Å². The fourth-order valence-electron chi connectivity index (χ4n) is 9.40. The molecule has 0 bridgehead atoms. The third-order valence-electron chi connectivity index (χ3n) is 12.2. The third-order valence-corrected chi connectivity index (χ3v) is 12.2. The lowest BCUT2D eigenvalue weighted by atomic mass is 9.92. The number of nitrogens with zero attached hydrogens (tertiary/aromatic N) is 2. The summed E-state index contributed by atoms with van der Waals surface area (Å²) in [6.45, 7) is 0. The molecule has 0 fully saturated rings. The van der Waals surface area contributed by atoms with Crippen molar-refractivity contribution in [2.75, 3.05) is 4.90 Å². The monoisotopic (exact) mass is 778 g/mol. The molecule has 3 heteroatoms.